The first-order chi connectivity index (χ1) is 15.1. The third-order valence-electron chi connectivity index (χ3n) is 4.72. The Morgan fingerprint density at radius 1 is 1.06 bits per heavy atom. The number of nitrogens with zero attached hydrogens (tertiary/aromatic N) is 4. The Morgan fingerprint density at radius 3 is 2.25 bits per heavy atom. The van der Waals surface area contributed by atoms with Crippen LogP contribution < -0.4 is 14.9 Å². The molecular formula is C21H24N6O4S. The lowest BCUT2D eigenvalue weighted by molar-refractivity contribution is -0.119. The Hall–Kier alpha value is -3.73. The Balaban J connectivity index is 1.64. The zero-order valence-corrected chi connectivity index (χ0v) is 18.7. The van der Waals surface area contributed by atoms with E-state index in [9.17, 15) is 18.0 Å². The fourth-order valence-corrected chi connectivity index (χ4v) is 3.89. The van der Waals surface area contributed by atoms with Gasteiger partial charge in [0.05, 0.1) is 11.9 Å². The molecule has 1 atom stereocenters. The average molecular weight is 457 g/mol. The minimum atomic E-state index is -3.66. The number of hydrogen-bond donors (Lipinski definition) is 2. The van der Waals surface area contributed by atoms with Crippen LogP contribution in [0.25, 0.3) is 0 Å². The topological polar surface area (TPSA) is 126 Å². The molecule has 11 heteroatoms. The van der Waals surface area contributed by atoms with Crippen LogP contribution in [-0.2, 0) is 19.6 Å². The molecule has 0 radical (unpaired) electrons. The van der Waals surface area contributed by atoms with Crippen molar-refractivity contribution in [3.05, 3.63) is 66.7 Å². The summed E-state index contributed by atoms with van der Waals surface area (Å²) in [4.78, 5) is 28.7. The number of benzene rings is 2. The molecule has 32 heavy (non-hydrogen) atoms. The van der Waals surface area contributed by atoms with Gasteiger partial charge in [-0.15, -0.1) is 0 Å². The quantitative estimate of drug-likeness (QED) is 0.535. The van der Waals surface area contributed by atoms with Crippen molar-refractivity contribution in [1.82, 2.24) is 14.8 Å². The summed E-state index contributed by atoms with van der Waals surface area (Å²) >= 11 is 0. The summed E-state index contributed by atoms with van der Waals surface area (Å²) in [5, 5.41) is 9.39. The number of nitrogens with one attached hydrogen (secondary N) is 2. The van der Waals surface area contributed by atoms with Crippen LogP contribution in [0.5, 0.6) is 0 Å². The Morgan fingerprint density at radius 2 is 1.69 bits per heavy atom. The molecule has 0 aliphatic carbocycles. The van der Waals surface area contributed by atoms with Crippen molar-refractivity contribution in [2.75, 3.05) is 27.7 Å². The Bertz CT molecular complexity index is 1190. The first-order valence-corrected chi connectivity index (χ1v) is 11.6. The van der Waals surface area contributed by atoms with Gasteiger partial charge in [0.15, 0.2) is 0 Å². The lowest BCUT2D eigenvalue weighted by Crippen LogP contribution is -2.37. The predicted molar refractivity (Wildman–Crippen MR) is 122 cm³/mol. The minimum absolute atomic E-state index is 0.269. The van der Waals surface area contributed by atoms with Crippen molar-refractivity contribution in [1.29, 1.82) is 0 Å². The van der Waals surface area contributed by atoms with Gasteiger partial charge in [-0.25, -0.2) is 18.1 Å². The van der Waals surface area contributed by atoms with E-state index in [-0.39, 0.29) is 12.5 Å². The molecule has 0 fully saturated rings. The molecule has 2 aromatic carbocycles. The van der Waals surface area contributed by atoms with Crippen LogP contribution in [0.1, 0.15) is 18.5 Å². The van der Waals surface area contributed by atoms with Gasteiger partial charge in [-0.3, -0.25) is 13.9 Å². The van der Waals surface area contributed by atoms with Crippen LogP contribution in [0.3, 0.4) is 0 Å². The molecule has 1 heterocycles. The van der Waals surface area contributed by atoms with Gasteiger partial charge in [-0.05, 0) is 49.7 Å². The second-order valence-corrected chi connectivity index (χ2v) is 9.13. The number of sulfonamides is 1. The van der Waals surface area contributed by atoms with E-state index < -0.39 is 22.0 Å². The minimum Gasteiger partial charge on any atom is -0.325 e. The van der Waals surface area contributed by atoms with Gasteiger partial charge >= 0.3 is 0 Å². The maximum absolute atomic E-state index is 12.5. The van der Waals surface area contributed by atoms with Gasteiger partial charge in [0.2, 0.25) is 21.8 Å². The number of anilines is 3. The molecule has 3 aromatic rings. The smallest absolute Gasteiger partial charge is 0.249 e. The highest BCUT2D eigenvalue weighted by Gasteiger charge is 2.22. The highest BCUT2D eigenvalue weighted by atomic mass is 32.2. The van der Waals surface area contributed by atoms with Crippen molar-refractivity contribution in [2.24, 2.45) is 0 Å². The third kappa shape index (κ3) is 5.70. The van der Waals surface area contributed by atoms with E-state index in [1.54, 1.807) is 62.4 Å². The fraction of sp³-hybridized carbons (Fsp3) is 0.238. The Kier molecular flexibility index (Phi) is 6.89. The number of aryl methyl sites for hydroxylation is 1. The number of amides is 2. The molecule has 3 rings (SSSR count). The molecule has 10 nitrogen and oxygen atoms in total. The maximum atomic E-state index is 12.5. The molecular weight excluding hydrogens is 432 g/mol. The van der Waals surface area contributed by atoms with Crippen LogP contribution in [-0.4, -0.2) is 47.8 Å². The number of aromatic nitrogens is 3. The van der Waals surface area contributed by atoms with Crippen LogP contribution in [0.2, 0.25) is 0 Å². The Labute approximate surface area is 186 Å². The van der Waals surface area contributed by atoms with Crippen LogP contribution in [0, 0.1) is 6.92 Å². The molecule has 0 aliphatic heterocycles. The van der Waals surface area contributed by atoms with Crippen LogP contribution in [0.4, 0.5) is 17.1 Å². The largest absolute Gasteiger partial charge is 0.325 e. The van der Waals surface area contributed by atoms with E-state index >= 15 is 0 Å². The van der Waals surface area contributed by atoms with Crippen molar-refractivity contribution in [3.63, 3.8) is 0 Å². The van der Waals surface area contributed by atoms with E-state index in [2.05, 4.69) is 20.7 Å². The second kappa shape index (κ2) is 9.60. The molecule has 0 saturated carbocycles. The van der Waals surface area contributed by atoms with Crippen molar-refractivity contribution < 1.29 is 18.0 Å². The zero-order valence-electron chi connectivity index (χ0n) is 17.9. The second-order valence-electron chi connectivity index (χ2n) is 7.22. The summed E-state index contributed by atoms with van der Waals surface area (Å²) in [5.74, 6) is -0.760. The van der Waals surface area contributed by atoms with Gasteiger partial charge in [0, 0.05) is 11.4 Å². The molecule has 2 N–H and O–H groups in total. The summed E-state index contributed by atoms with van der Waals surface area (Å²) in [6, 6.07) is 12.9. The van der Waals surface area contributed by atoms with E-state index in [4.69, 9.17) is 0 Å². The van der Waals surface area contributed by atoms with E-state index in [0.717, 1.165) is 16.1 Å². The molecule has 0 saturated heterocycles. The highest BCUT2D eigenvalue weighted by Crippen LogP contribution is 2.22. The van der Waals surface area contributed by atoms with E-state index in [0.29, 0.717) is 17.1 Å². The predicted octanol–water partition coefficient (Wildman–Crippen LogP) is 2.19. The summed E-state index contributed by atoms with van der Waals surface area (Å²) in [6.45, 7) is 3.11. The van der Waals surface area contributed by atoms with E-state index in [1.807, 2.05) is 0 Å². The van der Waals surface area contributed by atoms with Gasteiger partial charge in [0.1, 0.15) is 25.2 Å². The number of hydrogen-bond acceptors (Lipinski definition) is 6. The summed E-state index contributed by atoms with van der Waals surface area (Å²) < 4.78 is 27.0. The standard InChI is InChI=1S/C21H24N6O4S/c1-15-6-4-5-7-19(15)27(32(3,30)31)12-20(28)24-17-8-10-18(11-9-17)25-21(29)16(2)26-14-22-13-23-26/h4-11,13-14,16H,12H2,1-3H3,(H,24,28)(H,25,29). The molecule has 1 aromatic heterocycles. The van der Waals surface area contributed by atoms with Gasteiger partial charge in [0.25, 0.3) is 0 Å². The van der Waals surface area contributed by atoms with E-state index in [1.165, 1.54) is 17.3 Å². The van der Waals surface area contributed by atoms with Crippen molar-refractivity contribution in [3.8, 4) is 0 Å². The van der Waals surface area contributed by atoms with Crippen LogP contribution in [0.15, 0.2) is 61.2 Å². The maximum Gasteiger partial charge on any atom is 0.249 e. The van der Waals surface area contributed by atoms with Crippen LogP contribution >= 0.6 is 0 Å². The van der Waals surface area contributed by atoms with Gasteiger partial charge in [-0.2, -0.15) is 5.10 Å². The number of carbonyl (C=O) groups is 2. The summed E-state index contributed by atoms with van der Waals surface area (Å²) in [7, 11) is -3.66. The molecule has 0 aliphatic rings. The highest BCUT2D eigenvalue weighted by molar-refractivity contribution is 7.92. The monoisotopic (exact) mass is 456 g/mol. The molecule has 2 amide bonds. The average Bonchev–Trinajstić information content (AvgIpc) is 3.27. The SMILES string of the molecule is Cc1ccccc1N(CC(=O)Nc1ccc(NC(=O)C(C)n2cncn2)cc1)S(C)(=O)=O. The number of rotatable bonds is 8. The first-order valence-electron chi connectivity index (χ1n) is 9.73. The zero-order chi connectivity index (χ0) is 23.3. The third-order valence-corrected chi connectivity index (χ3v) is 5.85. The van der Waals surface area contributed by atoms with Gasteiger partial charge < -0.3 is 10.6 Å². The fourth-order valence-electron chi connectivity index (χ4n) is 2.98. The molecule has 0 spiro atoms. The lowest BCUT2D eigenvalue weighted by Gasteiger charge is -2.23. The van der Waals surface area contributed by atoms with Crippen molar-refractivity contribution in [2.45, 2.75) is 19.9 Å². The summed E-state index contributed by atoms with van der Waals surface area (Å²) in [6.07, 6.45) is 3.87. The number of para-hydroxylation sites is 1. The molecule has 0 bridgehead atoms. The molecule has 1 unspecified atom stereocenters. The lowest BCUT2D eigenvalue weighted by atomic mass is 10.2. The molecule has 168 valence electrons. The first kappa shape index (κ1) is 22.9. The normalized spacial score (nSPS) is 12.1. The summed E-state index contributed by atoms with van der Waals surface area (Å²) in [5.41, 5.74) is 2.20. The van der Waals surface area contributed by atoms with Crippen molar-refractivity contribution >= 4 is 38.9 Å². The van der Waals surface area contributed by atoms with Gasteiger partial charge in [-0.1, -0.05) is 18.2 Å². The number of carbonyl (C=O) groups excluding carboxylic acids is 2.